The van der Waals surface area contributed by atoms with Gasteiger partial charge in [-0.1, -0.05) is 58.4 Å². The third-order valence-electron chi connectivity index (χ3n) is 5.63. The minimum absolute atomic E-state index is 0.118. The predicted octanol–water partition coefficient (Wildman–Crippen LogP) is 4.44. The summed E-state index contributed by atoms with van der Waals surface area (Å²) in [6.45, 7) is 2.05. The summed E-state index contributed by atoms with van der Waals surface area (Å²) in [7, 11) is 0. The molecule has 4 rings (SSSR count). The van der Waals surface area contributed by atoms with Gasteiger partial charge in [0.05, 0.1) is 0 Å². The molecule has 0 unspecified atom stereocenters. The van der Waals surface area contributed by atoms with E-state index in [1.807, 2.05) is 0 Å². The number of hydrogen-bond acceptors (Lipinski definition) is 2. The van der Waals surface area contributed by atoms with Crippen LogP contribution in [0.4, 0.5) is 0 Å². The molecule has 2 heterocycles. The number of ketones is 1. The summed E-state index contributed by atoms with van der Waals surface area (Å²) in [5.41, 5.74) is 2.65. The predicted molar refractivity (Wildman–Crippen MR) is 100 cm³/mol. The molecule has 0 aliphatic carbocycles. The van der Waals surface area contributed by atoms with Gasteiger partial charge in [0, 0.05) is 35.3 Å². The van der Waals surface area contributed by atoms with Crippen molar-refractivity contribution in [3.05, 3.63) is 70.2 Å². The second kappa shape index (κ2) is 6.81. The second-order valence-corrected chi connectivity index (χ2v) is 7.90. The summed E-state index contributed by atoms with van der Waals surface area (Å²) in [6, 6.07) is 19.5. The van der Waals surface area contributed by atoms with Gasteiger partial charge >= 0.3 is 0 Å². The summed E-state index contributed by atoms with van der Waals surface area (Å²) in [5, 5.41) is 0. The van der Waals surface area contributed by atoms with Crippen LogP contribution in [0, 0.1) is 5.92 Å². The molecule has 124 valence electrons. The summed E-state index contributed by atoms with van der Waals surface area (Å²) in [4.78, 5) is 15.3. The molecule has 0 amide bonds. The van der Waals surface area contributed by atoms with Crippen molar-refractivity contribution in [2.24, 2.45) is 5.92 Å². The first kappa shape index (κ1) is 16.0. The number of fused-ring (bicyclic) bond motifs is 1. The molecule has 2 nitrogen and oxygen atoms in total. The van der Waals surface area contributed by atoms with Gasteiger partial charge in [-0.25, -0.2) is 0 Å². The van der Waals surface area contributed by atoms with Crippen LogP contribution in [-0.2, 0) is 11.2 Å². The smallest absolute Gasteiger partial charge is 0.139 e. The van der Waals surface area contributed by atoms with E-state index < -0.39 is 0 Å². The molecule has 0 bridgehead atoms. The van der Waals surface area contributed by atoms with E-state index in [4.69, 9.17) is 0 Å². The van der Waals surface area contributed by atoms with Gasteiger partial charge in [0.15, 0.2) is 0 Å². The fourth-order valence-electron chi connectivity index (χ4n) is 4.48. The molecule has 2 fully saturated rings. The van der Waals surface area contributed by atoms with Crippen molar-refractivity contribution in [3.63, 3.8) is 0 Å². The van der Waals surface area contributed by atoms with Crippen LogP contribution in [0.15, 0.2) is 59.1 Å². The van der Waals surface area contributed by atoms with Crippen LogP contribution in [0.25, 0.3) is 0 Å². The molecular formula is C21H22BrNO. The Kier molecular flexibility index (Phi) is 4.55. The number of benzene rings is 2. The van der Waals surface area contributed by atoms with Crippen molar-refractivity contribution in [2.75, 3.05) is 13.1 Å². The van der Waals surface area contributed by atoms with Gasteiger partial charge in [0.25, 0.3) is 0 Å². The van der Waals surface area contributed by atoms with Crippen LogP contribution < -0.4 is 0 Å². The molecule has 0 aromatic heterocycles. The van der Waals surface area contributed by atoms with E-state index in [0.717, 1.165) is 24.0 Å². The topological polar surface area (TPSA) is 20.3 Å². The van der Waals surface area contributed by atoms with E-state index in [-0.39, 0.29) is 5.92 Å². The Morgan fingerprint density at radius 1 is 1.00 bits per heavy atom. The number of halogens is 1. The number of carbonyl (C=O) groups is 1. The zero-order chi connectivity index (χ0) is 16.5. The van der Waals surface area contributed by atoms with Crippen LogP contribution in [0.1, 0.15) is 29.9 Å². The van der Waals surface area contributed by atoms with Crippen molar-refractivity contribution in [1.82, 2.24) is 4.90 Å². The normalized spacial score (nSPS) is 27.2. The highest BCUT2D eigenvalue weighted by Gasteiger charge is 2.45. The first-order chi connectivity index (χ1) is 11.7. The SMILES string of the molecule is O=C1CCN2CC[C@H](c3ccccc3)[C@H]2[C@@H]1Cc1ccc(Br)cc1. The van der Waals surface area contributed by atoms with Crippen molar-refractivity contribution in [2.45, 2.75) is 31.2 Å². The average molecular weight is 384 g/mol. The number of carbonyl (C=O) groups excluding carboxylic acids is 1. The molecule has 0 saturated carbocycles. The van der Waals surface area contributed by atoms with E-state index in [9.17, 15) is 4.79 Å². The molecule has 3 atom stereocenters. The Labute approximate surface area is 152 Å². The zero-order valence-electron chi connectivity index (χ0n) is 13.7. The summed E-state index contributed by atoms with van der Waals surface area (Å²) in [5.74, 6) is 1.05. The Balaban J connectivity index is 1.63. The molecule has 2 aliphatic heterocycles. The Hall–Kier alpha value is -1.45. The second-order valence-electron chi connectivity index (χ2n) is 6.99. The molecule has 0 spiro atoms. The lowest BCUT2D eigenvalue weighted by atomic mass is 9.77. The number of Topliss-reactive ketones (excluding diaryl/α,β-unsaturated/α-hetero) is 1. The first-order valence-corrected chi connectivity index (χ1v) is 9.58. The fraction of sp³-hybridized carbons (Fsp3) is 0.381. The number of rotatable bonds is 3. The number of nitrogens with zero attached hydrogens (tertiary/aromatic N) is 1. The summed E-state index contributed by atoms with van der Waals surface area (Å²) >= 11 is 3.49. The third kappa shape index (κ3) is 3.07. The lowest BCUT2D eigenvalue weighted by Gasteiger charge is -2.38. The van der Waals surface area contributed by atoms with E-state index in [1.54, 1.807) is 0 Å². The fourth-order valence-corrected chi connectivity index (χ4v) is 4.74. The maximum Gasteiger partial charge on any atom is 0.139 e. The third-order valence-corrected chi connectivity index (χ3v) is 6.16. The maximum atomic E-state index is 12.7. The molecule has 2 saturated heterocycles. The summed E-state index contributed by atoms with van der Waals surface area (Å²) < 4.78 is 1.09. The monoisotopic (exact) mass is 383 g/mol. The molecule has 2 aromatic rings. The Bertz CT molecular complexity index is 712. The van der Waals surface area contributed by atoms with Crippen LogP contribution in [0.2, 0.25) is 0 Å². The van der Waals surface area contributed by atoms with Gasteiger partial charge < -0.3 is 0 Å². The van der Waals surface area contributed by atoms with E-state index in [0.29, 0.717) is 24.2 Å². The molecule has 0 radical (unpaired) electrons. The van der Waals surface area contributed by atoms with Crippen LogP contribution in [0.3, 0.4) is 0 Å². The molecule has 2 aromatic carbocycles. The number of hydrogen-bond donors (Lipinski definition) is 0. The highest BCUT2D eigenvalue weighted by molar-refractivity contribution is 9.10. The van der Waals surface area contributed by atoms with Crippen LogP contribution in [-0.4, -0.2) is 29.8 Å². The molecule has 24 heavy (non-hydrogen) atoms. The quantitative estimate of drug-likeness (QED) is 0.780. The maximum absolute atomic E-state index is 12.7. The van der Waals surface area contributed by atoms with Crippen molar-refractivity contribution < 1.29 is 4.79 Å². The van der Waals surface area contributed by atoms with E-state index in [2.05, 4.69) is 75.4 Å². The molecule has 3 heteroatoms. The number of piperidine rings is 1. The molecule has 0 N–H and O–H groups in total. The Morgan fingerprint density at radius 3 is 2.50 bits per heavy atom. The minimum atomic E-state index is 0.118. The van der Waals surface area contributed by atoms with Crippen molar-refractivity contribution >= 4 is 21.7 Å². The van der Waals surface area contributed by atoms with E-state index >= 15 is 0 Å². The zero-order valence-corrected chi connectivity index (χ0v) is 15.3. The highest BCUT2D eigenvalue weighted by Crippen LogP contribution is 2.41. The lowest BCUT2D eigenvalue weighted by Crippen LogP contribution is -2.48. The largest absolute Gasteiger partial charge is 0.299 e. The standard InChI is InChI=1S/C21H22BrNO/c22-17-8-6-15(7-9-17)14-19-20(24)11-13-23-12-10-18(21(19)23)16-4-2-1-3-5-16/h1-9,18-19,21H,10-14H2/t18-,19-,21+/m1/s1. The Morgan fingerprint density at radius 2 is 1.75 bits per heavy atom. The van der Waals surface area contributed by atoms with Gasteiger partial charge in [-0.2, -0.15) is 0 Å². The molecule has 2 aliphatic rings. The van der Waals surface area contributed by atoms with Gasteiger partial charge in [-0.3, -0.25) is 9.69 Å². The average Bonchev–Trinajstić information content (AvgIpc) is 3.04. The minimum Gasteiger partial charge on any atom is -0.299 e. The van der Waals surface area contributed by atoms with Crippen LogP contribution in [0.5, 0.6) is 0 Å². The van der Waals surface area contributed by atoms with Gasteiger partial charge in [-0.15, -0.1) is 0 Å². The van der Waals surface area contributed by atoms with Crippen molar-refractivity contribution in [1.29, 1.82) is 0 Å². The summed E-state index contributed by atoms with van der Waals surface area (Å²) in [6.07, 6.45) is 2.73. The van der Waals surface area contributed by atoms with Crippen molar-refractivity contribution in [3.8, 4) is 0 Å². The molecular weight excluding hydrogens is 362 g/mol. The first-order valence-electron chi connectivity index (χ1n) is 8.78. The lowest BCUT2D eigenvalue weighted by molar-refractivity contribution is -0.128. The van der Waals surface area contributed by atoms with Crippen LogP contribution >= 0.6 is 15.9 Å². The van der Waals surface area contributed by atoms with E-state index in [1.165, 1.54) is 17.5 Å². The van der Waals surface area contributed by atoms with Gasteiger partial charge in [0.2, 0.25) is 0 Å². The highest BCUT2D eigenvalue weighted by atomic mass is 79.9. The van der Waals surface area contributed by atoms with Gasteiger partial charge in [0.1, 0.15) is 5.78 Å². The van der Waals surface area contributed by atoms with Gasteiger partial charge in [-0.05, 0) is 42.6 Å².